The van der Waals surface area contributed by atoms with Crippen LogP contribution in [0.4, 0.5) is 0 Å². The van der Waals surface area contributed by atoms with Gasteiger partial charge in [-0.05, 0) is 54.8 Å². The van der Waals surface area contributed by atoms with E-state index in [-0.39, 0.29) is 54.6 Å². The minimum atomic E-state index is -3.54. The Labute approximate surface area is 199 Å². The summed E-state index contributed by atoms with van der Waals surface area (Å²) in [5, 5.41) is 0. The summed E-state index contributed by atoms with van der Waals surface area (Å²) in [6, 6.07) is 0. The average Bonchev–Trinajstić information content (AvgIpc) is 3.12. The SMILES string of the molecule is CC1=C[C@@H]2[C@H]([C@H](C)COS(C)(=O)=O)CC3(C[C@@H]2[C@H]([C@H](COS(C)(=O)=O)C(C)C)C1)OCCO3. The van der Waals surface area contributed by atoms with Gasteiger partial charge in [-0.15, -0.1) is 0 Å². The van der Waals surface area contributed by atoms with Crippen molar-refractivity contribution in [2.45, 2.75) is 52.7 Å². The lowest BCUT2D eigenvalue weighted by molar-refractivity contribution is -0.219. The molecule has 0 aromatic heterocycles. The molecule has 0 aromatic rings. The van der Waals surface area contributed by atoms with Crippen LogP contribution in [0, 0.1) is 41.4 Å². The van der Waals surface area contributed by atoms with Gasteiger partial charge in [0.1, 0.15) is 0 Å². The Morgan fingerprint density at radius 3 is 2.09 bits per heavy atom. The highest BCUT2D eigenvalue weighted by molar-refractivity contribution is 7.86. The van der Waals surface area contributed by atoms with Crippen LogP contribution in [0.15, 0.2) is 11.6 Å². The summed E-state index contributed by atoms with van der Waals surface area (Å²) in [6.45, 7) is 9.74. The van der Waals surface area contributed by atoms with E-state index >= 15 is 0 Å². The lowest BCUT2D eigenvalue weighted by Crippen LogP contribution is -2.51. The van der Waals surface area contributed by atoms with Gasteiger partial charge in [0.15, 0.2) is 5.79 Å². The fourth-order valence-corrected chi connectivity index (χ4v) is 7.01. The topological polar surface area (TPSA) is 105 Å². The zero-order valence-electron chi connectivity index (χ0n) is 20.7. The predicted octanol–water partition coefficient (Wildman–Crippen LogP) is 3.20. The molecule has 6 atom stereocenters. The molecule has 1 saturated carbocycles. The van der Waals surface area contributed by atoms with Crippen molar-refractivity contribution in [2.24, 2.45) is 41.4 Å². The highest BCUT2D eigenvalue weighted by Crippen LogP contribution is 2.55. The number of fused-ring (bicyclic) bond motifs is 1. The van der Waals surface area contributed by atoms with Gasteiger partial charge in [-0.25, -0.2) is 0 Å². The minimum Gasteiger partial charge on any atom is -0.348 e. The van der Waals surface area contributed by atoms with Gasteiger partial charge in [-0.2, -0.15) is 16.8 Å². The summed E-state index contributed by atoms with van der Waals surface area (Å²) in [7, 11) is -7.07. The van der Waals surface area contributed by atoms with Gasteiger partial charge in [-0.1, -0.05) is 32.4 Å². The van der Waals surface area contributed by atoms with Crippen LogP contribution in [0.25, 0.3) is 0 Å². The van der Waals surface area contributed by atoms with Crippen molar-refractivity contribution in [1.29, 1.82) is 0 Å². The normalized spacial score (nSPS) is 31.9. The van der Waals surface area contributed by atoms with Crippen molar-refractivity contribution in [2.75, 3.05) is 38.9 Å². The van der Waals surface area contributed by atoms with Crippen molar-refractivity contribution in [1.82, 2.24) is 0 Å². The third-order valence-corrected chi connectivity index (χ3v) is 8.77. The summed E-state index contributed by atoms with van der Waals surface area (Å²) in [5.41, 5.74) is 1.27. The molecule has 33 heavy (non-hydrogen) atoms. The van der Waals surface area contributed by atoms with E-state index < -0.39 is 26.0 Å². The summed E-state index contributed by atoms with van der Waals surface area (Å²) < 4.78 is 69.5. The van der Waals surface area contributed by atoms with E-state index in [1.54, 1.807) is 0 Å². The second kappa shape index (κ2) is 10.2. The van der Waals surface area contributed by atoms with Gasteiger partial charge in [0.25, 0.3) is 20.2 Å². The molecule has 0 aromatic carbocycles. The molecule has 2 aliphatic carbocycles. The van der Waals surface area contributed by atoms with Gasteiger partial charge in [0.05, 0.1) is 38.9 Å². The quantitative estimate of drug-likeness (QED) is 0.345. The maximum absolute atomic E-state index is 11.7. The largest absolute Gasteiger partial charge is 0.348 e. The molecule has 8 nitrogen and oxygen atoms in total. The molecule has 192 valence electrons. The van der Waals surface area contributed by atoms with Gasteiger partial charge >= 0.3 is 0 Å². The Morgan fingerprint density at radius 1 is 0.970 bits per heavy atom. The number of hydrogen-bond acceptors (Lipinski definition) is 8. The van der Waals surface area contributed by atoms with Crippen LogP contribution in [-0.4, -0.2) is 61.6 Å². The lowest BCUT2D eigenvalue weighted by Gasteiger charge is -2.53. The fourth-order valence-electron chi connectivity index (χ4n) is 6.14. The lowest BCUT2D eigenvalue weighted by atomic mass is 9.55. The molecule has 0 radical (unpaired) electrons. The molecule has 3 rings (SSSR count). The van der Waals surface area contributed by atoms with Crippen LogP contribution >= 0.6 is 0 Å². The van der Waals surface area contributed by atoms with Crippen LogP contribution in [0.2, 0.25) is 0 Å². The van der Waals surface area contributed by atoms with Gasteiger partial charge < -0.3 is 9.47 Å². The number of hydrogen-bond donors (Lipinski definition) is 0. The van der Waals surface area contributed by atoms with Crippen molar-refractivity contribution < 1.29 is 34.7 Å². The molecule has 0 unspecified atom stereocenters. The number of rotatable bonds is 9. The second-order valence-corrected chi connectivity index (χ2v) is 14.0. The molecule has 10 heteroatoms. The number of allylic oxidation sites excluding steroid dienone is 2. The Balaban J connectivity index is 1.93. The van der Waals surface area contributed by atoms with Crippen molar-refractivity contribution in [3.63, 3.8) is 0 Å². The summed E-state index contributed by atoms with van der Waals surface area (Å²) >= 11 is 0. The summed E-state index contributed by atoms with van der Waals surface area (Å²) in [5.74, 6) is 0.321. The van der Waals surface area contributed by atoms with Crippen LogP contribution < -0.4 is 0 Å². The molecule has 3 aliphatic rings. The molecule has 1 spiro atoms. The molecule has 0 N–H and O–H groups in total. The zero-order valence-corrected chi connectivity index (χ0v) is 22.3. The smallest absolute Gasteiger partial charge is 0.264 e. The Hall–Kier alpha value is -0.520. The Morgan fingerprint density at radius 2 is 1.55 bits per heavy atom. The third-order valence-electron chi connectivity index (χ3n) is 7.64. The first-order valence-electron chi connectivity index (χ1n) is 11.8. The molecule has 0 bridgehead atoms. The summed E-state index contributed by atoms with van der Waals surface area (Å²) in [4.78, 5) is 0. The Bertz CT molecular complexity index is 918. The first-order chi connectivity index (χ1) is 15.2. The molecular formula is C23H40O8S2. The molecule has 0 amide bonds. The highest BCUT2D eigenvalue weighted by Gasteiger charge is 2.54. The standard InChI is InChI=1S/C23H40O8S2/c1-15(2)22(14-31-33(6,26)27)19-10-16(3)9-18-20(17(4)13-30-32(5,24)25)11-23(12-21(18)19)28-7-8-29-23/h9,15,17-22H,7-8,10-14H2,1-6H3/t17-,18-,19-,20+,21+,22-/m1/s1. The first kappa shape index (κ1) is 27.1. The van der Waals surface area contributed by atoms with Crippen LogP contribution in [0.1, 0.15) is 47.0 Å². The van der Waals surface area contributed by atoms with E-state index in [1.807, 2.05) is 6.92 Å². The van der Waals surface area contributed by atoms with E-state index in [4.69, 9.17) is 17.8 Å². The molecule has 2 fully saturated rings. The van der Waals surface area contributed by atoms with E-state index in [0.717, 1.165) is 25.4 Å². The molecule has 1 saturated heterocycles. The molecule has 1 heterocycles. The van der Waals surface area contributed by atoms with Gasteiger partial charge in [0.2, 0.25) is 0 Å². The summed E-state index contributed by atoms with van der Waals surface area (Å²) in [6.07, 6.45) is 6.79. The predicted molar refractivity (Wildman–Crippen MR) is 125 cm³/mol. The van der Waals surface area contributed by atoms with Crippen LogP contribution in [0.3, 0.4) is 0 Å². The molecular weight excluding hydrogens is 468 g/mol. The van der Waals surface area contributed by atoms with Crippen molar-refractivity contribution in [3.8, 4) is 0 Å². The van der Waals surface area contributed by atoms with E-state index in [9.17, 15) is 16.8 Å². The highest BCUT2D eigenvalue weighted by atomic mass is 32.2. The molecule has 1 aliphatic heterocycles. The van der Waals surface area contributed by atoms with Crippen molar-refractivity contribution >= 4 is 20.2 Å². The Kier molecular flexibility index (Phi) is 8.39. The van der Waals surface area contributed by atoms with Crippen LogP contribution in [0.5, 0.6) is 0 Å². The van der Waals surface area contributed by atoms with Gasteiger partial charge in [-0.3, -0.25) is 8.37 Å². The van der Waals surface area contributed by atoms with Crippen molar-refractivity contribution in [3.05, 3.63) is 11.6 Å². The van der Waals surface area contributed by atoms with E-state index in [0.29, 0.717) is 19.6 Å². The van der Waals surface area contributed by atoms with E-state index in [2.05, 4.69) is 26.8 Å². The number of ether oxygens (including phenoxy) is 2. The zero-order chi connectivity index (χ0) is 24.6. The third kappa shape index (κ3) is 7.01. The average molecular weight is 509 g/mol. The fraction of sp³-hybridized carbons (Fsp3) is 0.913. The monoisotopic (exact) mass is 508 g/mol. The van der Waals surface area contributed by atoms with E-state index in [1.165, 1.54) is 5.57 Å². The minimum absolute atomic E-state index is 0.0234. The maximum Gasteiger partial charge on any atom is 0.264 e. The van der Waals surface area contributed by atoms with Crippen LogP contribution in [-0.2, 0) is 38.1 Å². The first-order valence-corrected chi connectivity index (χ1v) is 15.5. The maximum atomic E-state index is 11.7. The second-order valence-electron chi connectivity index (χ2n) is 10.7. The van der Waals surface area contributed by atoms with Gasteiger partial charge in [0, 0.05) is 12.8 Å².